The summed E-state index contributed by atoms with van der Waals surface area (Å²) in [6.07, 6.45) is 0.342. The van der Waals surface area contributed by atoms with Crippen LogP contribution in [0.4, 0.5) is 4.39 Å². The maximum atomic E-state index is 13.3. The molecule has 80 valence electrons. The average molecular weight is 210 g/mol. The number of carbonyl (C=O) groups is 1. The molecule has 0 saturated heterocycles. The molecule has 1 aliphatic heterocycles. The molecule has 0 radical (unpaired) electrons. The van der Waals surface area contributed by atoms with Gasteiger partial charge in [-0.15, -0.1) is 0 Å². The lowest BCUT2D eigenvalue weighted by Gasteiger charge is -2.24. The maximum absolute atomic E-state index is 13.3. The number of carboxylic acids is 1. The molecule has 3 nitrogen and oxygen atoms in total. The highest BCUT2D eigenvalue weighted by Crippen LogP contribution is 2.32. The Morgan fingerprint density at radius 3 is 3.00 bits per heavy atom. The number of hydrogen-bond donors (Lipinski definition) is 1. The number of aryl methyl sites for hydroxylation is 1. The Bertz CT molecular complexity index is 415. The highest BCUT2D eigenvalue weighted by molar-refractivity contribution is 5.71. The van der Waals surface area contributed by atoms with Crippen molar-refractivity contribution in [1.82, 2.24) is 0 Å². The van der Waals surface area contributed by atoms with Crippen molar-refractivity contribution in [3.63, 3.8) is 0 Å². The zero-order chi connectivity index (χ0) is 11.0. The van der Waals surface area contributed by atoms with Crippen molar-refractivity contribution in [3.05, 3.63) is 29.1 Å². The van der Waals surface area contributed by atoms with Crippen LogP contribution in [0.2, 0.25) is 0 Å². The van der Waals surface area contributed by atoms with Gasteiger partial charge in [-0.05, 0) is 25.0 Å². The van der Waals surface area contributed by atoms with Gasteiger partial charge in [0.05, 0.1) is 5.92 Å². The number of aliphatic carboxylic acids is 1. The van der Waals surface area contributed by atoms with Crippen molar-refractivity contribution in [1.29, 1.82) is 0 Å². The van der Waals surface area contributed by atoms with E-state index in [1.165, 1.54) is 6.07 Å². The van der Waals surface area contributed by atoms with Gasteiger partial charge in [0, 0.05) is 5.56 Å². The van der Waals surface area contributed by atoms with Crippen LogP contribution < -0.4 is 4.74 Å². The van der Waals surface area contributed by atoms with Gasteiger partial charge in [0.25, 0.3) is 0 Å². The highest BCUT2D eigenvalue weighted by atomic mass is 19.1. The van der Waals surface area contributed by atoms with Crippen molar-refractivity contribution < 1.29 is 19.0 Å². The van der Waals surface area contributed by atoms with Crippen LogP contribution in [0.5, 0.6) is 5.75 Å². The van der Waals surface area contributed by atoms with E-state index >= 15 is 0 Å². The Kier molecular flexibility index (Phi) is 2.34. The Hall–Kier alpha value is -1.58. The number of benzene rings is 1. The number of rotatable bonds is 1. The maximum Gasteiger partial charge on any atom is 0.310 e. The molecule has 1 heterocycles. The van der Waals surface area contributed by atoms with Gasteiger partial charge in [0.1, 0.15) is 6.61 Å². The second-order valence-corrected chi connectivity index (χ2v) is 3.72. The van der Waals surface area contributed by atoms with Gasteiger partial charge in [0.15, 0.2) is 11.6 Å². The van der Waals surface area contributed by atoms with Gasteiger partial charge in [-0.1, -0.05) is 6.07 Å². The first kappa shape index (κ1) is 9.96. The van der Waals surface area contributed by atoms with Crippen LogP contribution >= 0.6 is 0 Å². The smallest absolute Gasteiger partial charge is 0.310 e. The zero-order valence-corrected chi connectivity index (χ0v) is 8.29. The number of hydrogen-bond acceptors (Lipinski definition) is 2. The third-order valence-corrected chi connectivity index (χ3v) is 2.68. The van der Waals surface area contributed by atoms with E-state index in [4.69, 9.17) is 9.84 Å². The van der Waals surface area contributed by atoms with Crippen molar-refractivity contribution >= 4 is 5.97 Å². The third kappa shape index (κ3) is 1.67. The summed E-state index contributed by atoms with van der Waals surface area (Å²) in [4.78, 5) is 10.8. The molecule has 0 spiro atoms. The molecule has 0 aliphatic carbocycles. The van der Waals surface area contributed by atoms with E-state index in [9.17, 15) is 9.18 Å². The summed E-state index contributed by atoms with van der Waals surface area (Å²) in [5.41, 5.74) is 1.55. The largest absolute Gasteiger partial charge is 0.489 e. The predicted octanol–water partition coefficient (Wildman–Crippen LogP) is 1.77. The molecule has 1 atom stereocenters. The Morgan fingerprint density at radius 2 is 2.33 bits per heavy atom. The molecular weight excluding hydrogens is 199 g/mol. The predicted molar refractivity (Wildman–Crippen MR) is 51.5 cm³/mol. The van der Waals surface area contributed by atoms with Gasteiger partial charge in [-0.3, -0.25) is 4.79 Å². The number of fused-ring (bicyclic) bond motifs is 1. The van der Waals surface area contributed by atoms with Crippen LogP contribution in [-0.2, 0) is 11.2 Å². The van der Waals surface area contributed by atoms with E-state index in [0.29, 0.717) is 12.0 Å². The lowest BCUT2D eigenvalue weighted by Crippen LogP contribution is -2.28. The average Bonchev–Trinajstić information content (AvgIpc) is 2.23. The van der Waals surface area contributed by atoms with E-state index in [-0.39, 0.29) is 12.4 Å². The first-order valence-corrected chi connectivity index (χ1v) is 4.73. The quantitative estimate of drug-likeness (QED) is 0.768. The summed E-state index contributed by atoms with van der Waals surface area (Å²) in [7, 11) is 0. The SMILES string of the molecule is Cc1ccc(F)c2c1C[C@@H](C(=O)O)CO2. The Balaban J connectivity index is 2.41. The van der Waals surface area contributed by atoms with Crippen LogP contribution in [0.15, 0.2) is 12.1 Å². The summed E-state index contributed by atoms with van der Waals surface area (Å²) in [6, 6.07) is 2.98. The monoisotopic (exact) mass is 210 g/mol. The van der Waals surface area contributed by atoms with Crippen molar-refractivity contribution in [3.8, 4) is 5.75 Å². The van der Waals surface area contributed by atoms with Crippen molar-refractivity contribution in [2.24, 2.45) is 5.92 Å². The lowest BCUT2D eigenvalue weighted by molar-refractivity contribution is -0.143. The fraction of sp³-hybridized carbons (Fsp3) is 0.364. The lowest BCUT2D eigenvalue weighted by atomic mass is 9.93. The Morgan fingerprint density at radius 1 is 1.60 bits per heavy atom. The molecule has 1 aromatic rings. The molecule has 0 fully saturated rings. The summed E-state index contributed by atoms with van der Waals surface area (Å²) < 4.78 is 18.5. The van der Waals surface area contributed by atoms with E-state index in [2.05, 4.69) is 0 Å². The third-order valence-electron chi connectivity index (χ3n) is 2.68. The fourth-order valence-corrected chi connectivity index (χ4v) is 1.76. The molecular formula is C11H11FO3. The molecule has 1 N–H and O–H groups in total. The second kappa shape index (κ2) is 3.53. The first-order chi connectivity index (χ1) is 7.09. The van der Waals surface area contributed by atoms with Crippen LogP contribution in [0.1, 0.15) is 11.1 Å². The number of halogens is 1. The molecule has 4 heteroatoms. The minimum Gasteiger partial charge on any atom is -0.489 e. The molecule has 0 bridgehead atoms. The minimum absolute atomic E-state index is 0.0444. The standard InChI is InChI=1S/C11H11FO3/c1-6-2-3-9(12)10-8(6)4-7(5-15-10)11(13)14/h2-3,7H,4-5H2,1H3,(H,13,14)/t7-/m1/s1. The van der Waals surface area contributed by atoms with Crippen LogP contribution in [0, 0.1) is 18.7 Å². The molecule has 0 unspecified atom stereocenters. The highest BCUT2D eigenvalue weighted by Gasteiger charge is 2.28. The minimum atomic E-state index is -0.899. The first-order valence-electron chi connectivity index (χ1n) is 4.73. The van der Waals surface area contributed by atoms with Crippen LogP contribution in [0.25, 0.3) is 0 Å². The molecule has 1 aliphatic rings. The van der Waals surface area contributed by atoms with Gasteiger partial charge >= 0.3 is 5.97 Å². The Labute approximate surface area is 86.5 Å². The summed E-state index contributed by atoms with van der Waals surface area (Å²) >= 11 is 0. The van der Waals surface area contributed by atoms with Gasteiger partial charge in [-0.2, -0.15) is 0 Å². The van der Waals surface area contributed by atoms with Gasteiger partial charge < -0.3 is 9.84 Å². The number of ether oxygens (including phenoxy) is 1. The molecule has 1 aromatic carbocycles. The molecule has 0 saturated carbocycles. The number of carboxylic acid groups (broad SMARTS) is 1. The topological polar surface area (TPSA) is 46.5 Å². The van der Waals surface area contributed by atoms with Crippen LogP contribution in [0.3, 0.4) is 0 Å². The molecule has 2 rings (SSSR count). The van der Waals surface area contributed by atoms with Crippen molar-refractivity contribution in [2.45, 2.75) is 13.3 Å². The van der Waals surface area contributed by atoms with Crippen LogP contribution in [-0.4, -0.2) is 17.7 Å². The second-order valence-electron chi connectivity index (χ2n) is 3.72. The summed E-state index contributed by atoms with van der Waals surface area (Å²) in [5, 5.41) is 8.85. The summed E-state index contributed by atoms with van der Waals surface area (Å²) in [6.45, 7) is 1.87. The van der Waals surface area contributed by atoms with Crippen molar-refractivity contribution in [2.75, 3.05) is 6.61 Å². The van der Waals surface area contributed by atoms with Gasteiger partial charge in [-0.25, -0.2) is 4.39 Å². The normalized spacial score (nSPS) is 19.2. The molecule has 15 heavy (non-hydrogen) atoms. The molecule has 0 aromatic heterocycles. The zero-order valence-electron chi connectivity index (χ0n) is 8.29. The van der Waals surface area contributed by atoms with E-state index in [1.807, 2.05) is 6.92 Å². The van der Waals surface area contributed by atoms with E-state index < -0.39 is 17.7 Å². The van der Waals surface area contributed by atoms with E-state index in [1.54, 1.807) is 6.07 Å². The molecule has 0 amide bonds. The fourth-order valence-electron chi connectivity index (χ4n) is 1.76. The van der Waals surface area contributed by atoms with Gasteiger partial charge in [0.2, 0.25) is 0 Å². The van der Waals surface area contributed by atoms with E-state index in [0.717, 1.165) is 5.56 Å². The summed E-state index contributed by atoms with van der Waals surface area (Å²) in [5.74, 6) is -1.67.